The molecule has 0 amide bonds. The summed E-state index contributed by atoms with van der Waals surface area (Å²) in [7, 11) is 0. The van der Waals surface area contributed by atoms with Crippen molar-refractivity contribution in [3.8, 4) is 0 Å². The molecule has 3 bridgehead atoms. The number of hydrogen-bond donors (Lipinski definition) is 1. The molecular formula is C12H10O2. The van der Waals surface area contributed by atoms with E-state index in [0.29, 0.717) is 0 Å². The van der Waals surface area contributed by atoms with Gasteiger partial charge in [-0.25, -0.2) is 0 Å². The second-order valence-corrected chi connectivity index (χ2v) is 3.30. The molecule has 70 valence electrons. The van der Waals surface area contributed by atoms with Crippen molar-refractivity contribution in [2.75, 3.05) is 0 Å². The predicted octanol–water partition coefficient (Wildman–Crippen LogP) is 2.44. The molecule has 3 rings (SSSR count). The van der Waals surface area contributed by atoms with Crippen LogP contribution in [0.25, 0.3) is 10.8 Å². The second-order valence-electron chi connectivity index (χ2n) is 3.30. The highest BCUT2D eigenvalue weighted by atomic mass is 16.3. The van der Waals surface area contributed by atoms with Crippen LogP contribution < -0.4 is 0 Å². The van der Waals surface area contributed by atoms with Crippen LogP contribution in [0.4, 0.5) is 0 Å². The largest absolute Gasteiger partial charge is 0.483 e. The average Bonchev–Trinajstić information content (AvgIpc) is 2.16. The lowest BCUT2D eigenvalue weighted by Crippen LogP contribution is -1.93. The number of carboxylic acid groups (broad SMARTS) is 1. The van der Waals surface area contributed by atoms with Gasteiger partial charge >= 0.3 is 0 Å². The van der Waals surface area contributed by atoms with Gasteiger partial charge in [0.05, 0.1) is 0 Å². The van der Waals surface area contributed by atoms with Crippen molar-refractivity contribution < 1.29 is 9.90 Å². The van der Waals surface area contributed by atoms with E-state index in [1.165, 1.54) is 21.9 Å². The average molecular weight is 186 g/mol. The molecule has 2 nitrogen and oxygen atoms in total. The maximum absolute atomic E-state index is 8.36. The molecule has 14 heavy (non-hydrogen) atoms. The smallest absolute Gasteiger partial charge is 0.290 e. The Morgan fingerprint density at radius 1 is 1.00 bits per heavy atom. The van der Waals surface area contributed by atoms with Crippen molar-refractivity contribution in [3.63, 3.8) is 0 Å². The van der Waals surface area contributed by atoms with Gasteiger partial charge in [-0.2, -0.15) is 0 Å². The van der Waals surface area contributed by atoms with Gasteiger partial charge in [-0.1, -0.05) is 36.4 Å². The molecule has 2 heteroatoms. The summed E-state index contributed by atoms with van der Waals surface area (Å²) < 4.78 is 0. The summed E-state index contributed by atoms with van der Waals surface area (Å²) in [6, 6.07) is 13.4. The molecule has 0 aliphatic heterocycles. The summed E-state index contributed by atoms with van der Waals surface area (Å²) in [4.78, 5) is 8.36. The lowest BCUT2D eigenvalue weighted by molar-refractivity contribution is -0.122. The van der Waals surface area contributed by atoms with E-state index in [-0.39, 0.29) is 6.47 Å². The van der Waals surface area contributed by atoms with Gasteiger partial charge < -0.3 is 5.11 Å². The number of hydrogen-bond acceptors (Lipinski definition) is 1. The minimum atomic E-state index is -0.250. The molecule has 0 aromatic heterocycles. The van der Waals surface area contributed by atoms with E-state index in [1.54, 1.807) is 0 Å². The highest BCUT2D eigenvalue weighted by Gasteiger charge is 2.04. The monoisotopic (exact) mass is 186 g/mol. The van der Waals surface area contributed by atoms with Crippen LogP contribution in [0.5, 0.6) is 0 Å². The van der Waals surface area contributed by atoms with E-state index < -0.39 is 0 Å². The fraction of sp³-hybridized carbons (Fsp3) is 0.0833. The summed E-state index contributed by atoms with van der Waals surface area (Å²) >= 11 is 0. The first kappa shape index (κ1) is 8.75. The third-order valence-electron chi connectivity index (χ3n) is 2.38. The van der Waals surface area contributed by atoms with Gasteiger partial charge in [0.25, 0.3) is 6.47 Å². The maximum Gasteiger partial charge on any atom is 0.290 e. The zero-order valence-electron chi connectivity index (χ0n) is 7.60. The number of benzene rings is 2. The van der Waals surface area contributed by atoms with Gasteiger partial charge in [0, 0.05) is 0 Å². The van der Waals surface area contributed by atoms with Crippen LogP contribution in [0, 0.1) is 0 Å². The van der Waals surface area contributed by atoms with Gasteiger partial charge in [0.2, 0.25) is 0 Å². The molecule has 1 N–H and O–H groups in total. The minimum absolute atomic E-state index is 0.250. The first-order chi connectivity index (χ1) is 6.83. The molecule has 1 aliphatic rings. The minimum Gasteiger partial charge on any atom is -0.483 e. The fourth-order valence-corrected chi connectivity index (χ4v) is 1.80. The normalized spacial score (nSPS) is 11.1. The van der Waals surface area contributed by atoms with E-state index in [9.17, 15) is 0 Å². The lowest BCUT2D eigenvalue weighted by Gasteiger charge is -2.11. The Labute approximate surface area is 81.8 Å². The topological polar surface area (TPSA) is 37.3 Å². The number of fused-ring (bicyclic) bond motifs is 2. The highest BCUT2D eigenvalue weighted by molar-refractivity contribution is 5.85. The lowest BCUT2D eigenvalue weighted by atomic mass is 9.94. The van der Waals surface area contributed by atoms with E-state index in [0.717, 1.165) is 6.42 Å². The summed E-state index contributed by atoms with van der Waals surface area (Å²) in [5.74, 6) is 0. The van der Waals surface area contributed by atoms with Crippen LogP contribution in [0.2, 0.25) is 0 Å². The van der Waals surface area contributed by atoms with E-state index in [1.807, 2.05) is 0 Å². The Hall–Kier alpha value is -1.83. The molecule has 0 fully saturated rings. The molecule has 1 aliphatic carbocycles. The number of rotatable bonds is 0. The van der Waals surface area contributed by atoms with Crippen LogP contribution in [0.3, 0.4) is 0 Å². The Balaban J connectivity index is 0.000000226. The van der Waals surface area contributed by atoms with Crippen LogP contribution >= 0.6 is 0 Å². The third-order valence-corrected chi connectivity index (χ3v) is 2.38. The Morgan fingerprint density at radius 2 is 1.50 bits per heavy atom. The van der Waals surface area contributed by atoms with Crippen molar-refractivity contribution in [1.82, 2.24) is 0 Å². The molecule has 0 heterocycles. The second kappa shape index (κ2) is 3.50. The highest BCUT2D eigenvalue weighted by Crippen LogP contribution is 2.24. The van der Waals surface area contributed by atoms with E-state index in [4.69, 9.17) is 9.90 Å². The van der Waals surface area contributed by atoms with Gasteiger partial charge in [-0.15, -0.1) is 0 Å². The standard InChI is InChI=1S/C11H8.CH2O2/c1-3-10-4-2-9-5-8(1)6-11(10)7-9;2-1-3/h1-4,6-7H,5H2;1H,(H,2,3). The molecule has 0 saturated heterocycles. The first-order valence-corrected chi connectivity index (χ1v) is 4.43. The Morgan fingerprint density at radius 3 is 2.00 bits per heavy atom. The van der Waals surface area contributed by atoms with E-state index >= 15 is 0 Å². The van der Waals surface area contributed by atoms with Crippen LogP contribution in [-0.2, 0) is 11.2 Å². The van der Waals surface area contributed by atoms with Crippen LogP contribution in [0.15, 0.2) is 36.4 Å². The number of carbonyl (C=O) groups is 1. The summed E-state index contributed by atoms with van der Waals surface area (Å²) in [5, 5.41) is 9.64. The SMILES string of the molecule is O=CO.c1cc2ccc3cc2cc1C3. The Bertz CT molecular complexity index is 438. The summed E-state index contributed by atoms with van der Waals surface area (Å²) in [5.41, 5.74) is 2.90. The molecule has 0 radical (unpaired) electrons. The van der Waals surface area contributed by atoms with Gasteiger partial charge in [-0.3, -0.25) is 4.79 Å². The van der Waals surface area contributed by atoms with Crippen molar-refractivity contribution >= 4 is 17.2 Å². The molecule has 0 atom stereocenters. The maximum atomic E-state index is 8.36. The summed E-state index contributed by atoms with van der Waals surface area (Å²) in [6.07, 6.45) is 1.11. The zero-order valence-corrected chi connectivity index (χ0v) is 7.60. The van der Waals surface area contributed by atoms with Crippen LogP contribution in [-0.4, -0.2) is 11.6 Å². The molecule has 2 aromatic carbocycles. The van der Waals surface area contributed by atoms with Gasteiger partial charge in [0.15, 0.2) is 0 Å². The van der Waals surface area contributed by atoms with Crippen molar-refractivity contribution in [2.24, 2.45) is 0 Å². The predicted molar refractivity (Wildman–Crippen MR) is 55.4 cm³/mol. The molecular weight excluding hydrogens is 176 g/mol. The van der Waals surface area contributed by atoms with Gasteiger partial charge in [0.1, 0.15) is 0 Å². The molecule has 0 spiro atoms. The van der Waals surface area contributed by atoms with Gasteiger partial charge in [-0.05, 0) is 28.3 Å². The molecule has 0 unspecified atom stereocenters. The van der Waals surface area contributed by atoms with Crippen LogP contribution in [0.1, 0.15) is 11.1 Å². The first-order valence-electron chi connectivity index (χ1n) is 4.43. The fourth-order valence-electron chi connectivity index (χ4n) is 1.80. The Kier molecular flexibility index (Phi) is 2.19. The van der Waals surface area contributed by atoms with Crippen molar-refractivity contribution in [3.05, 3.63) is 47.5 Å². The zero-order chi connectivity index (χ0) is 9.97. The quantitative estimate of drug-likeness (QED) is 0.547. The molecule has 2 aromatic rings. The third kappa shape index (κ3) is 1.46. The molecule has 0 saturated carbocycles. The van der Waals surface area contributed by atoms with E-state index in [2.05, 4.69) is 36.4 Å². The van der Waals surface area contributed by atoms with Crippen molar-refractivity contribution in [1.29, 1.82) is 0 Å². The summed E-state index contributed by atoms with van der Waals surface area (Å²) in [6.45, 7) is -0.250. The van der Waals surface area contributed by atoms with Crippen molar-refractivity contribution in [2.45, 2.75) is 6.42 Å².